The summed E-state index contributed by atoms with van der Waals surface area (Å²) in [5, 5.41) is 2.73. The molecule has 0 fully saturated rings. The second-order valence-corrected chi connectivity index (χ2v) is 7.03. The molecule has 128 valence electrons. The second kappa shape index (κ2) is 7.44. The lowest BCUT2D eigenvalue weighted by Crippen LogP contribution is -2.25. The van der Waals surface area contributed by atoms with Crippen molar-refractivity contribution in [1.82, 2.24) is 5.32 Å². The lowest BCUT2D eigenvalue weighted by Gasteiger charge is -2.11. The summed E-state index contributed by atoms with van der Waals surface area (Å²) in [5.41, 5.74) is 1.24. The van der Waals surface area contributed by atoms with Crippen LogP contribution in [0.3, 0.4) is 0 Å². The van der Waals surface area contributed by atoms with E-state index in [0.717, 1.165) is 18.6 Å². The maximum Gasteiger partial charge on any atom is 0.261 e. The van der Waals surface area contributed by atoms with E-state index in [4.69, 9.17) is 0 Å². The molecule has 1 amide bonds. The Balaban J connectivity index is 2.30. The zero-order chi connectivity index (χ0) is 17.7. The number of rotatable bonds is 6. The molecular weight excluding hydrogens is 331 g/mol. The number of anilines is 1. The van der Waals surface area contributed by atoms with Crippen LogP contribution in [0, 0.1) is 12.7 Å². The van der Waals surface area contributed by atoms with E-state index < -0.39 is 15.8 Å². The lowest BCUT2D eigenvalue weighted by atomic mass is 10.1. The molecule has 0 aliphatic rings. The zero-order valence-corrected chi connectivity index (χ0v) is 14.3. The number of hydrogen-bond acceptors (Lipinski definition) is 3. The van der Waals surface area contributed by atoms with Crippen LogP contribution in [0.15, 0.2) is 47.4 Å². The highest BCUT2D eigenvalue weighted by molar-refractivity contribution is 7.92. The summed E-state index contributed by atoms with van der Waals surface area (Å²) < 4.78 is 40.2. The van der Waals surface area contributed by atoms with Crippen LogP contribution in [-0.4, -0.2) is 20.9 Å². The summed E-state index contributed by atoms with van der Waals surface area (Å²) >= 11 is 0. The maximum atomic E-state index is 12.9. The fourth-order valence-corrected chi connectivity index (χ4v) is 3.16. The van der Waals surface area contributed by atoms with Crippen LogP contribution in [0.4, 0.5) is 10.1 Å². The summed E-state index contributed by atoms with van der Waals surface area (Å²) in [4.78, 5) is 12.1. The van der Waals surface area contributed by atoms with Crippen molar-refractivity contribution in [2.24, 2.45) is 0 Å². The van der Waals surface area contributed by atoms with Crippen molar-refractivity contribution in [1.29, 1.82) is 0 Å². The van der Waals surface area contributed by atoms with Gasteiger partial charge in [0.1, 0.15) is 5.82 Å². The van der Waals surface area contributed by atoms with Gasteiger partial charge in [-0.05, 0) is 55.3 Å². The standard InChI is InChI=1S/C17H19FN2O3S/c1-3-10-19-17(21)16-11-15(9-4-12(16)2)24(22,23)20-14-7-5-13(18)6-8-14/h4-9,11,20H,3,10H2,1-2H3,(H,19,21). The normalized spacial score (nSPS) is 11.1. The zero-order valence-electron chi connectivity index (χ0n) is 13.5. The molecule has 2 aromatic carbocycles. The number of amides is 1. The molecule has 0 aliphatic carbocycles. The first-order valence-electron chi connectivity index (χ1n) is 7.50. The van der Waals surface area contributed by atoms with Gasteiger partial charge in [-0.2, -0.15) is 0 Å². The number of nitrogens with one attached hydrogen (secondary N) is 2. The number of sulfonamides is 1. The van der Waals surface area contributed by atoms with Crippen molar-refractivity contribution in [3.8, 4) is 0 Å². The van der Waals surface area contributed by atoms with E-state index in [9.17, 15) is 17.6 Å². The van der Waals surface area contributed by atoms with Gasteiger partial charge in [0, 0.05) is 17.8 Å². The minimum absolute atomic E-state index is 0.0286. The monoisotopic (exact) mass is 350 g/mol. The molecule has 0 saturated carbocycles. The predicted molar refractivity (Wildman–Crippen MR) is 91.0 cm³/mol. The summed E-state index contributed by atoms with van der Waals surface area (Å²) in [5.74, 6) is -0.767. The van der Waals surface area contributed by atoms with Crippen molar-refractivity contribution < 1.29 is 17.6 Å². The van der Waals surface area contributed by atoms with Crippen LogP contribution >= 0.6 is 0 Å². The Bertz CT molecular complexity index is 833. The smallest absolute Gasteiger partial charge is 0.261 e. The molecule has 7 heteroatoms. The quantitative estimate of drug-likeness (QED) is 0.841. The molecule has 2 aromatic rings. The molecule has 0 spiro atoms. The first-order valence-corrected chi connectivity index (χ1v) is 8.99. The van der Waals surface area contributed by atoms with Crippen LogP contribution in [0.25, 0.3) is 0 Å². The Morgan fingerprint density at radius 3 is 2.42 bits per heavy atom. The van der Waals surface area contributed by atoms with Crippen molar-refractivity contribution in [3.63, 3.8) is 0 Å². The number of halogens is 1. The number of carbonyl (C=O) groups excluding carboxylic acids is 1. The van der Waals surface area contributed by atoms with Gasteiger partial charge >= 0.3 is 0 Å². The topological polar surface area (TPSA) is 75.3 Å². The van der Waals surface area contributed by atoms with Crippen molar-refractivity contribution in [2.75, 3.05) is 11.3 Å². The van der Waals surface area contributed by atoms with E-state index in [1.54, 1.807) is 13.0 Å². The minimum atomic E-state index is -3.87. The van der Waals surface area contributed by atoms with E-state index in [-0.39, 0.29) is 16.5 Å². The first-order chi connectivity index (χ1) is 11.3. The van der Waals surface area contributed by atoms with Gasteiger partial charge in [-0.15, -0.1) is 0 Å². The number of hydrogen-bond donors (Lipinski definition) is 2. The molecule has 5 nitrogen and oxygen atoms in total. The number of aryl methyl sites for hydroxylation is 1. The summed E-state index contributed by atoms with van der Waals surface area (Å²) in [7, 11) is -3.87. The van der Waals surface area contributed by atoms with Crippen molar-refractivity contribution in [3.05, 3.63) is 59.4 Å². The molecule has 0 atom stereocenters. The van der Waals surface area contributed by atoms with Gasteiger partial charge in [0.15, 0.2) is 0 Å². The SMILES string of the molecule is CCCNC(=O)c1cc(S(=O)(=O)Nc2ccc(F)cc2)ccc1C. The van der Waals surface area contributed by atoms with E-state index in [1.165, 1.54) is 24.3 Å². The van der Waals surface area contributed by atoms with Gasteiger partial charge in [0.25, 0.3) is 15.9 Å². The highest BCUT2D eigenvalue weighted by Gasteiger charge is 2.18. The predicted octanol–water partition coefficient (Wildman–Crippen LogP) is 3.07. The summed E-state index contributed by atoms with van der Waals surface area (Å²) in [6, 6.07) is 9.34. The molecule has 0 aromatic heterocycles. The average molecular weight is 350 g/mol. The number of carbonyl (C=O) groups is 1. The van der Waals surface area contributed by atoms with E-state index in [2.05, 4.69) is 10.0 Å². The minimum Gasteiger partial charge on any atom is -0.352 e. The van der Waals surface area contributed by atoms with Gasteiger partial charge < -0.3 is 5.32 Å². The van der Waals surface area contributed by atoms with Crippen LogP contribution in [0.2, 0.25) is 0 Å². The third-order valence-electron chi connectivity index (χ3n) is 3.40. The summed E-state index contributed by atoms with van der Waals surface area (Å²) in [6.45, 7) is 4.19. The molecule has 0 aliphatic heterocycles. The lowest BCUT2D eigenvalue weighted by molar-refractivity contribution is 0.0953. The average Bonchev–Trinajstić information content (AvgIpc) is 2.54. The Morgan fingerprint density at radius 2 is 1.79 bits per heavy atom. The largest absolute Gasteiger partial charge is 0.352 e. The molecule has 0 radical (unpaired) electrons. The Hall–Kier alpha value is -2.41. The van der Waals surface area contributed by atoms with Crippen LogP contribution < -0.4 is 10.0 Å². The van der Waals surface area contributed by atoms with Crippen molar-refractivity contribution in [2.45, 2.75) is 25.2 Å². The second-order valence-electron chi connectivity index (χ2n) is 5.35. The maximum absolute atomic E-state index is 12.9. The molecule has 24 heavy (non-hydrogen) atoms. The fourth-order valence-electron chi connectivity index (χ4n) is 2.08. The third-order valence-corrected chi connectivity index (χ3v) is 4.77. The van der Waals surface area contributed by atoms with E-state index in [0.29, 0.717) is 17.7 Å². The Morgan fingerprint density at radius 1 is 1.12 bits per heavy atom. The van der Waals surface area contributed by atoms with Gasteiger partial charge in [-0.3, -0.25) is 9.52 Å². The molecule has 0 bridgehead atoms. The first kappa shape index (κ1) is 17.9. The van der Waals surface area contributed by atoms with Crippen LogP contribution in [-0.2, 0) is 10.0 Å². The summed E-state index contributed by atoms with van der Waals surface area (Å²) in [6.07, 6.45) is 0.787. The van der Waals surface area contributed by atoms with Gasteiger partial charge in [-0.25, -0.2) is 12.8 Å². The Kier molecular flexibility index (Phi) is 5.56. The highest BCUT2D eigenvalue weighted by atomic mass is 32.2. The molecule has 2 N–H and O–H groups in total. The van der Waals surface area contributed by atoms with Crippen molar-refractivity contribution >= 4 is 21.6 Å². The molecule has 0 unspecified atom stereocenters. The molecule has 2 rings (SSSR count). The van der Waals surface area contributed by atoms with Crippen LogP contribution in [0.1, 0.15) is 29.3 Å². The third kappa shape index (κ3) is 4.32. The molecule has 0 heterocycles. The van der Waals surface area contributed by atoms with Crippen LogP contribution in [0.5, 0.6) is 0 Å². The molecule has 0 saturated heterocycles. The molecular formula is C17H19FN2O3S. The van der Waals surface area contributed by atoms with Gasteiger partial charge in [0.2, 0.25) is 0 Å². The van der Waals surface area contributed by atoms with E-state index in [1.807, 2.05) is 6.92 Å². The Labute approximate surface area is 141 Å². The van der Waals surface area contributed by atoms with Gasteiger partial charge in [-0.1, -0.05) is 13.0 Å². The van der Waals surface area contributed by atoms with Gasteiger partial charge in [0.05, 0.1) is 4.90 Å². The van der Waals surface area contributed by atoms with E-state index >= 15 is 0 Å². The fraction of sp³-hybridized carbons (Fsp3) is 0.235. The number of benzene rings is 2. The highest BCUT2D eigenvalue weighted by Crippen LogP contribution is 2.19.